The van der Waals surface area contributed by atoms with Crippen molar-refractivity contribution in [2.45, 2.75) is 32.4 Å². The second-order valence-electron chi connectivity index (χ2n) is 6.09. The molecule has 110 valence electrons. The molecule has 2 N–H and O–H groups in total. The molecule has 0 spiro atoms. The lowest BCUT2D eigenvalue weighted by Gasteiger charge is -2.16. The van der Waals surface area contributed by atoms with Gasteiger partial charge in [0, 0.05) is 18.5 Å². The van der Waals surface area contributed by atoms with E-state index in [9.17, 15) is 0 Å². The number of methoxy groups -OCH3 is 1. The number of ether oxygens (including phenoxy) is 2. The van der Waals surface area contributed by atoms with Gasteiger partial charge in [-0.15, -0.1) is 0 Å². The summed E-state index contributed by atoms with van der Waals surface area (Å²) in [5.74, 6) is 1.84. The van der Waals surface area contributed by atoms with Crippen molar-refractivity contribution < 1.29 is 9.47 Å². The summed E-state index contributed by atoms with van der Waals surface area (Å²) in [6.45, 7) is 4.71. The van der Waals surface area contributed by atoms with Crippen LogP contribution in [0.15, 0.2) is 36.4 Å². The molecule has 2 aromatic rings. The van der Waals surface area contributed by atoms with Gasteiger partial charge in [-0.25, -0.2) is 0 Å². The highest BCUT2D eigenvalue weighted by Gasteiger charge is 2.29. The van der Waals surface area contributed by atoms with Crippen molar-refractivity contribution in [1.29, 1.82) is 0 Å². The lowest BCUT2D eigenvalue weighted by atomic mass is 9.96. The van der Waals surface area contributed by atoms with Crippen LogP contribution in [0.1, 0.15) is 25.0 Å². The number of hydrogen-bond donors (Lipinski definition) is 1. The monoisotopic (exact) mass is 283 g/mol. The number of nitrogens with two attached hydrogens (primary N) is 1. The van der Waals surface area contributed by atoms with E-state index in [0.717, 1.165) is 29.0 Å². The minimum Gasteiger partial charge on any atom is -0.496 e. The van der Waals surface area contributed by atoms with Gasteiger partial charge in [-0.2, -0.15) is 0 Å². The van der Waals surface area contributed by atoms with Crippen LogP contribution in [0.3, 0.4) is 0 Å². The van der Waals surface area contributed by atoms with Crippen LogP contribution < -0.4 is 15.2 Å². The first kappa shape index (κ1) is 14.0. The topological polar surface area (TPSA) is 44.5 Å². The minimum atomic E-state index is -0.108. The Morgan fingerprint density at radius 1 is 1.14 bits per heavy atom. The molecule has 0 saturated heterocycles. The summed E-state index contributed by atoms with van der Waals surface area (Å²) in [7, 11) is 1.67. The molecule has 0 radical (unpaired) electrons. The second-order valence-corrected chi connectivity index (χ2v) is 6.09. The van der Waals surface area contributed by atoms with Gasteiger partial charge in [0.1, 0.15) is 17.1 Å². The first-order valence-corrected chi connectivity index (χ1v) is 7.22. The molecule has 0 fully saturated rings. The van der Waals surface area contributed by atoms with Crippen LogP contribution in [0, 0.1) is 0 Å². The van der Waals surface area contributed by atoms with Gasteiger partial charge in [0.05, 0.1) is 7.11 Å². The Labute approximate surface area is 125 Å². The Kier molecular flexibility index (Phi) is 3.38. The summed E-state index contributed by atoms with van der Waals surface area (Å²) in [6.07, 6.45) is 0.941. The first-order chi connectivity index (χ1) is 10.0. The quantitative estimate of drug-likeness (QED) is 0.937. The summed E-state index contributed by atoms with van der Waals surface area (Å²) in [5.41, 5.74) is 10.3. The number of benzene rings is 2. The maximum Gasteiger partial charge on any atom is 0.123 e. The van der Waals surface area contributed by atoms with Crippen molar-refractivity contribution in [2.24, 2.45) is 5.73 Å². The third-order valence-corrected chi connectivity index (χ3v) is 3.90. The Morgan fingerprint density at radius 3 is 2.57 bits per heavy atom. The Bertz CT molecular complexity index is 677. The Morgan fingerprint density at radius 2 is 1.86 bits per heavy atom. The lowest BCUT2D eigenvalue weighted by molar-refractivity contribution is 0.138. The van der Waals surface area contributed by atoms with E-state index in [0.29, 0.717) is 6.54 Å². The highest BCUT2D eigenvalue weighted by Crippen LogP contribution is 2.37. The summed E-state index contributed by atoms with van der Waals surface area (Å²) in [5, 5.41) is 0. The molecule has 3 rings (SSSR count). The van der Waals surface area contributed by atoms with E-state index in [4.69, 9.17) is 15.2 Å². The van der Waals surface area contributed by atoms with Gasteiger partial charge < -0.3 is 15.2 Å². The normalized spacial score (nSPS) is 15.4. The molecule has 21 heavy (non-hydrogen) atoms. The van der Waals surface area contributed by atoms with E-state index in [1.54, 1.807) is 7.11 Å². The van der Waals surface area contributed by atoms with Gasteiger partial charge in [-0.3, -0.25) is 0 Å². The van der Waals surface area contributed by atoms with E-state index in [2.05, 4.69) is 44.2 Å². The highest BCUT2D eigenvalue weighted by atomic mass is 16.5. The lowest BCUT2D eigenvalue weighted by Crippen LogP contribution is -2.24. The molecule has 0 bridgehead atoms. The summed E-state index contributed by atoms with van der Waals surface area (Å²) in [6, 6.07) is 12.5. The molecule has 0 aliphatic carbocycles. The maximum absolute atomic E-state index is 5.93. The van der Waals surface area contributed by atoms with Crippen molar-refractivity contribution in [2.75, 3.05) is 7.11 Å². The van der Waals surface area contributed by atoms with Crippen LogP contribution in [0.4, 0.5) is 0 Å². The third kappa shape index (κ3) is 2.61. The maximum atomic E-state index is 5.93. The number of fused-ring (bicyclic) bond motifs is 1. The van der Waals surface area contributed by atoms with Gasteiger partial charge in [0.25, 0.3) is 0 Å². The van der Waals surface area contributed by atoms with Crippen LogP contribution in [0.5, 0.6) is 11.5 Å². The largest absolute Gasteiger partial charge is 0.496 e. The molecule has 3 heteroatoms. The fourth-order valence-electron chi connectivity index (χ4n) is 2.91. The molecule has 0 amide bonds. The van der Waals surface area contributed by atoms with Crippen LogP contribution >= 0.6 is 0 Å². The van der Waals surface area contributed by atoms with Crippen molar-refractivity contribution >= 4 is 0 Å². The van der Waals surface area contributed by atoms with Gasteiger partial charge in [0.15, 0.2) is 0 Å². The molecular formula is C18H21NO2. The van der Waals surface area contributed by atoms with Crippen molar-refractivity contribution in [3.8, 4) is 22.6 Å². The van der Waals surface area contributed by atoms with Crippen molar-refractivity contribution in [3.05, 3.63) is 47.5 Å². The molecule has 1 aliphatic rings. The van der Waals surface area contributed by atoms with Gasteiger partial charge in [-0.1, -0.05) is 12.1 Å². The van der Waals surface area contributed by atoms with Crippen molar-refractivity contribution in [3.63, 3.8) is 0 Å². The van der Waals surface area contributed by atoms with Gasteiger partial charge >= 0.3 is 0 Å². The van der Waals surface area contributed by atoms with Crippen molar-refractivity contribution in [1.82, 2.24) is 0 Å². The van der Waals surface area contributed by atoms with E-state index in [1.807, 2.05) is 6.07 Å². The smallest absolute Gasteiger partial charge is 0.123 e. The molecule has 2 aromatic carbocycles. The molecule has 0 aromatic heterocycles. The average Bonchev–Trinajstić information content (AvgIpc) is 2.79. The van der Waals surface area contributed by atoms with Crippen LogP contribution in [0.2, 0.25) is 0 Å². The molecular weight excluding hydrogens is 262 g/mol. The zero-order chi connectivity index (χ0) is 15.0. The number of rotatable bonds is 3. The summed E-state index contributed by atoms with van der Waals surface area (Å²) >= 11 is 0. The van der Waals surface area contributed by atoms with E-state index in [1.165, 1.54) is 11.1 Å². The van der Waals surface area contributed by atoms with Crippen LogP contribution in [-0.2, 0) is 13.0 Å². The van der Waals surface area contributed by atoms with Gasteiger partial charge in [-0.05, 0) is 54.8 Å². The Balaban J connectivity index is 1.99. The molecule has 1 heterocycles. The third-order valence-electron chi connectivity index (χ3n) is 3.90. The fraction of sp³-hybridized carbons (Fsp3) is 0.333. The SMILES string of the molecule is COc1ccc(-c2ccc3c(c2)CC(C)(C)O3)cc1CN. The predicted molar refractivity (Wildman–Crippen MR) is 84.7 cm³/mol. The zero-order valence-corrected chi connectivity index (χ0v) is 12.8. The first-order valence-electron chi connectivity index (χ1n) is 7.22. The van der Waals surface area contributed by atoms with E-state index in [-0.39, 0.29) is 5.60 Å². The average molecular weight is 283 g/mol. The van der Waals surface area contributed by atoms with Gasteiger partial charge in [0.2, 0.25) is 0 Å². The molecule has 1 aliphatic heterocycles. The minimum absolute atomic E-state index is 0.108. The fourth-order valence-corrected chi connectivity index (χ4v) is 2.91. The molecule has 3 nitrogen and oxygen atoms in total. The van der Waals surface area contributed by atoms with E-state index < -0.39 is 0 Å². The van der Waals surface area contributed by atoms with Crippen LogP contribution in [0.25, 0.3) is 11.1 Å². The Hall–Kier alpha value is -2.00. The standard InChI is InChI=1S/C18H21NO2/c1-18(2)10-14-8-12(5-7-17(14)21-18)13-4-6-16(20-3)15(9-13)11-19/h4-9H,10-11,19H2,1-3H3. The van der Waals surface area contributed by atoms with E-state index >= 15 is 0 Å². The number of hydrogen-bond acceptors (Lipinski definition) is 3. The zero-order valence-electron chi connectivity index (χ0n) is 12.8. The molecule has 0 unspecified atom stereocenters. The molecule has 0 atom stereocenters. The summed E-state index contributed by atoms with van der Waals surface area (Å²) in [4.78, 5) is 0. The second kappa shape index (κ2) is 5.08. The van der Waals surface area contributed by atoms with Crippen LogP contribution in [-0.4, -0.2) is 12.7 Å². The highest BCUT2D eigenvalue weighted by molar-refractivity contribution is 5.68. The molecule has 0 saturated carbocycles. The predicted octanol–water partition coefficient (Wildman–Crippen LogP) is 3.53. The summed E-state index contributed by atoms with van der Waals surface area (Å²) < 4.78 is 11.3.